The molecule has 0 spiro atoms. The fourth-order valence-electron chi connectivity index (χ4n) is 5.10. The van der Waals surface area contributed by atoms with E-state index in [1.54, 1.807) is 38.7 Å². The topological polar surface area (TPSA) is 85.8 Å². The molecule has 1 aliphatic carbocycles. The summed E-state index contributed by atoms with van der Waals surface area (Å²) in [6.45, 7) is 2.87. The normalized spacial score (nSPS) is 15.7. The molecular weight excluding hydrogens is 516 g/mol. The molecule has 39 heavy (non-hydrogen) atoms. The summed E-state index contributed by atoms with van der Waals surface area (Å²) in [5.41, 5.74) is 2.62. The van der Waals surface area contributed by atoms with Crippen molar-refractivity contribution < 1.29 is 19.0 Å². The van der Waals surface area contributed by atoms with Crippen molar-refractivity contribution >= 4 is 28.8 Å². The summed E-state index contributed by atoms with van der Waals surface area (Å²) >= 11 is 6.57. The summed E-state index contributed by atoms with van der Waals surface area (Å²) in [7, 11) is 3.34. The van der Waals surface area contributed by atoms with Crippen LogP contribution in [0.25, 0.3) is 5.57 Å². The second-order valence-electron chi connectivity index (χ2n) is 9.70. The van der Waals surface area contributed by atoms with E-state index in [0.717, 1.165) is 50.2 Å². The molecule has 1 aromatic heterocycles. The number of nitrogens with zero attached hydrogens (tertiary/aromatic N) is 3. The number of carbonyl (C=O) groups excluding carboxylic acids is 1. The Morgan fingerprint density at radius 1 is 1.08 bits per heavy atom. The Morgan fingerprint density at radius 3 is 2.56 bits per heavy atom. The Morgan fingerprint density at radius 2 is 1.85 bits per heavy atom. The molecule has 3 aromatic rings. The first-order valence-corrected chi connectivity index (χ1v) is 13.6. The number of carbonyl (C=O) groups is 1. The molecule has 2 aromatic carbocycles. The van der Waals surface area contributed by atoms with E-state index >= 15 is 0 Å². The minimum atomic E-state index is -0.173. The Hall–Kier alpha value is -3.30. The molecule has 1 N–H and O–H groups in total. The van der Waals surface area contributed by atoms with E-state index in [1.807, 2.05) is 36.4 Å². The van der Waals surface area contributed by atoms with Crippen molar-refractivity contribution in [3.05, 3.63) is 82.8 Å². The number of ketones is 1. The Balaban J connectivity index is 1.25. The SMILES string of the molecule is COC(CCN1CCC(Nc2ncnc3c2C(C(=O)c2ccc(Oc4ccccc4)cc2Cl)=CC3)CC1)OC. The number of para-hydroxylation sites is 1. The third-order valence-electron chi connectivity index (χ3n) is 7.24. The zero-order chi connectivity index (χ0) is 27.2. The minimum Gasteiger partial charge on any atom is -0.457 e. The molecule has 0 saturated carbocycles. The highest BCUT2D eigenvalue weighted by molar-refractivity contribution is 6.39. The van der Waals surface area contributed by atoms with Gasteiger partial charge in [0.1, 0.15) is 23.6 Å². The van der Waals surface area contributed by atoms with Crippen LogP contribution in [0.1, 0.15) is 40.9 Å². The minimum absolute atomic E-state index is 0.150. The number of aromatic nitrogens is 2. The van der Waals surface area contributed by atoms with Crippen LogP contribution in [0.15, 0.2) is 60.9 Å². The van der Waals surface area contributed by atoms with Crippen LogP contribution in [0.4, 0.5) is 5.82 Å². The Kier molecular flexibility index (Phi) is 8.88. The van der Waals surface area contributed by atoms with Gasteiger partial charge in [-0.15, -0.1) is 0 Å². The summed E-state index contributed by atoms with van der Waals surface area (Å²) in [5.74, 6) is 1.83. The highest BCUT2D eigenvalue weighted by Crippen LogP contribution is 2.36. The van der Waals surface area contributed by atoms with Gasteiger partial charge in [-0.3, -0.25) is 4.79 Å². The molecule has 1 saturated heterocycles. The molecule has 9 heteroatoms. The average molecular weight is 549 g/mol. The van der Waals surface area contributed by atoms with Crippen molar-refractivity contribution in [2.45, 2.75) is 38.0 Å². The summed E-state index contributed by atoms with van der Waals surface area (Å²) in [4.78, 5) is 25.1. The maximum atomic E-state index is 13.7. The Bertz CT molecular complexity index is 1320. The first-order chi connectivity index (χ1) is 19.1. The van der Waals surface area contributed by atoms with Crippen molar-refractivity contribution in [3.8, 4) is 11.5 Å². The summed E-state index contributed by atoms with van der Waals surface area (Å²) < 4.78 is 16.5. The number of fused-ring (bicyclic) bond motifs is 1. The molecule has 5 rings (SSSR count). The lowest BCUT2D eigenvalue weighted by atomic mass is 9.98. The quantitative estimate of drug-likeness (QED) is 0.244. The lowest BCUT2D eigenvalue weighted by Crippen LogP contribution is -2.40. The first-order valence-electron chi connectivity index (χ1n) is 13.2. The molecule has 204 valence electrons. The summed E-state index contributed by atoms with van der Waals surface area (Å²) in [6, 6.07) is 14.9. The number of methoxy groups -OCH3 is 2. The molecule has 1 fully saturated rings. The molecule has 1 aliphatic heterocycles. The van der Waals surface area contributed by atoms with Crippen LogP contribution >= 0.6 is 11.6 Å². The van der Waals surface area contributed by atoms with Gasteiger partial charge in [0, 0.05) is 75.5 Å². The predicted octanol–water partition coefficient (Wildman–Crippen LogP) is 5.63. The maximum absolute atomic E-state index is 13.7. The molecule has 8 nitrogen and oxygen atoms in total. The number of benzene rings is 2. The zero-order valence-corrected chi connectivity index (χ0v) is 23.0. The van der Waals surface area contributed by atoms with E-state index in [9.17, 15) is 4.79 Å². The molecule has 0 amide bonds. The largest absolute Gasteiger partial charge is 0.457 e. The van der Waals surface area contributed by atoms with E-state index in [0.29, 0.717) is 39.9 Å². The van der Waals surface area contributed by atoms with E-state index in [-0.39, 0.29) is 18.1 Å². The second-order valence-corrected chi connectivity index (χ2v) is 10.1. The number of rotatable bonds is 11. The van der Waals surface area contributed by atoms with Crippen LogP contribution in [-0.4, -0.2) is 66.8 Å². The number of Topliss-reactive ketones (excluding diaryl/α,β-unsaturated/α-hetero) is 1. The first kappa shape index (κ1) is 27.3. The molecule has 0 unspecified atom stereocenters. The van der Waals surface area contributed by atoms with Gasteiger partial charge in [0.15, 0.2) is 12.1 Å². The van der Waals surface area contributed by atoms with Crippen molar-refractivity contribution in [3.63, 3.8) is 0 Å². The van der Waals surface area contributed by atoms with Crippen LogP contribution in [0.2, 0.25) is 5.02 Å². The highest BCUT2D eigenvalue weighted by Gasteiger charge is 2.29. The van der Waals surface area contributed by atoms with E-state index in [4.69, 9.17) is 25.8 Å². The van der Waals surface area contributed by atoms with Crippen LogP contribution in [0.5, 0.6) is 11.5 Å². The number of nitrogens with one attached hydrogen (secondary N) is 1. The predicted molar refractivity (Wildman–Crippen MR) is 152 cm³/mol. The van der Waals surface area contributed by atoms with Gasteiger partial charge in [-0.1, -0.05) is 35.9 Å². The monoisotopic (exact) mass is 548 g/mol. The van der Waals surface area contributed by atoms with Crippen LogP contribution in [-0.2, 0) is 15.9 Å². The molecule has 0 atom stereocenters. The van der Waals surface area contributed by atoms with Crippen molar-refractivity contribution in [1.29, 1.82) is 0 Å². The lowest BCUT2D eigenvalue weighted by Gasteiger charge is -2.33. The second kappa shape index (κ2) is 12.7. The number of piperidine rings is 1. The van der Waals surface area contributed by atoms with Crippen molar-refractivity contribution in [2.75, 3.05) is 39.2 Å². The fourth-order valence-corrected chi connectivity index (χ4v) is 5.36. The Labute approximate surface area is 234 Å². The van der Waals surface area contributed by atoms with E-state index in [2.05, 4.69) is 20.2 Å². The molecular formula is C30H33ClN4O4. The number of hydrogen-bond donors (Lipinski definition) is 1. The summed E-state index contributed by atoms with van der Waals surface area (Å²) in [6.07, 6.45) is 6.68. The van der Waals surface area contributed by atoms with E-state index < -0.39 is 0 Å². The average Bonchev–Trinajstić information content (AvgIpc) is 3.40. The van der Waals surface area contributed by atoms with E-state index in [1.165, 1.54) is 0 Å². The molecule has 2 aliphatic rings. The maximum Gasteiger partial charge on any atom is 0.195 e. The number of halogens is 1. The van der Waals surface area contributed by atoms with Gasteiger partial charge in [0.05, 0.1) is 10.7 Å². The standard InChI is InChI=1S/C30H33ClN4O4/c1-37-27(38-2)14-17-35-15-12-20(13-16-35)34-30-28-24(10-11-26(28)32-19-33-30)29(36)23-9-8-22(18-25(23)31)39-21-6-4-3-5-7-21/h3-10,18-20,27H,11-17H2,1-2H3,(H,32,33,34). The number of ether oxygens (including phenoxy) is 3. The van der Waals surface area contributed by atoms with Gasteiger partial charge in [-0.05, 0) is 37.1 Å². The van der Waals surface area contributed by atoms with Gasteiger partial charge in [-0.25, -0.2) is 9.97 Å². The van der Waals surface area contributed by atoms with Crippen LogP contribution in [0.3, 0.4) is 0 Å². The number of allylic oxidation sites excluding steroid dienone is 2. The van der Waals surface area contributed by atoms with Gasteiger partial charge < -0.3 is 24.4 Å². The van der Waals surface area contributed by atoms with Gasteiger partial charge in [0.2, 0.25) is 0 Å². The van der Waals surface area contributed by atoms with Crippen molar-refractivity contribution in [1.82, 2.24) is 14.9 Å². The van der Waals surface area contributed by atoms with Crippen LogP contribution in [0, 0.1) is 0 Å². The third kappa shape index (κ3) is 6.47. The smallest absolute Gasteiger partial charge is 0.195 e. The van der Waals surface area contributed by atoms with Gasteiger partial charge in [0.25, 0.3) is 0 Å². The zero-order valence-electron chi connectivity index (χ0n) is 22.2. The fraction of sp³-hybridized carbons (Fsp3) is 0.367. The van der Waals surface area contributed by atoms with Gasteiger partial charge in [-0.2, -0.15) is 0 Å². The highest BCUT2D eigenvalue weighted by atomic mass is 35.5. The summed E-state index contributed by atoms with van der Waals surface area (Å²) in [5, 5.41) is 3.94. The molecule has 2 heterocycles. The van der Waals surface area contributed by atoms with Crippen LogP contribution < -0.4 is 10.1 Å². The molecule has 0 bridgehead atoms. The number of anilines is 1. The molecule has 0 radical (unpaired) electrons. The third-order valence-corrected chi connectivity index (χ3v) is 7.55. The van der Waals surface area contributed by atoms with Gasteiger partial charge >= 0.3 is 0 Å². The number of hydrogen-bond acceptors (Lipinski definition) is 8. The number of likely N-dealkylation sites (tertiary alicyclic amines) is 1. The van der Waals surface area contributed by atoms with Crippen molar-refractivity contribution in [2.24, 2.45) is 0 Å². The lowest BCUT2D eigenvalue weighted by molar-refractivity contribution is -0.109.